The highest BCUT2D eigenvalue weighted by molar-refractivity contribution is 5.87. The second-order valence-electron chi connectivity index (χ2n) is 21.1. The molecule has 6 aliphatic carbocycles. The van der Waals surface area contributed by atoms with Crippen LogP contribution in [0.25, 0.3) is 0 Å². The molecular formula is C51H79N9O9. The number of carbonyl (C=O) groups is 7. The van der Waals surface area contributed by atoms with Crippen LogP contribution in [0.4, 0.5) is 4.79 Å². The zero-order chi connectivity index (χ0) is 49.0. The third kappa shape index (κ3) is 14.0. The fourth-order valence-corrected chi connectivity index (χ4v) is 12.3. The number of nitrogens with two attached hydrogens (primary N) is 3. The van der Waals surface area contributed by atoms with Crippen molar-refractivity contribution in [2.24, 2.45) is 52.7 Å². The van der Waals surface area contributed by atoms with Gasteiger partial charge in [0.25, 0.3) is 0 Å². The van der Waals surface area contributed by atoms with Crippen LogP contribution in [0.15, 0.2) is 30.3 Å². The van der Waals surface area contributed by atoms with Crippen LogP contribution >= 0.6 is 0 Å². The predicted molar refractivity (Wildman–Crippen MR) is 257 cm³/mol. The smallest absolute Gasteiger partial charge is 0.407 e. The lowest BCUT2D eigenvalue weighted by Gasteiger charge is -2.40. The van der Waals surface area contributed by atoms with Crippen molar-refractivity contribution in [3.05, 3.63) is 35.9 Å². The highest BCUT2D eigenvalue weighted by Crippen LogP contribution is 2.33. The largest absolute Gasteiger partial charge is 0.469 e. The van der Waals surface area contributed by atoms with Crippen LogP contribution in [0.3, 0.4) is 0 Å². The minimum atomic E-state index is -0.626. The third-order valence-electron chi connectivity index (χ3n) is 16.3. The minimum Gasteiger partial charge on any atom is -0.469 e. The average molecular weight is 962 g/mol. The predicted octanol–water partition coefficient (Wildman–Crippen LogP) is 2.83. The molecule has 15 atom stereocenters. The Kier molecular flexibility index (Phi) is 18.7. The molecule has 0 heterocycles. The number of nitrogens with one attached hydrogen (secondary N) is 6. The van der Waals surface area contributed by atoms with Gasteiger partial charge < -0.3 is 58.6 Å². The minimum absolute atomic E-state index is 0.103. The van der Waals surface area contributed by atoms with Gasteiger partial charge in [0.1, 0.15) is 6.61 Å². The number of rotatable bonds is 14. The number of alkyl carbamates (subject to hydrolysis) is 1. The van der Waals surface area contributed by atoms with Crippen molar-refractivity contribution in [1.29, 1.82) is 0 Å². The first-order valence-corrected chi connectivity index (χ1v) is 26.1. The molecule has 0 radical (unpaired) electrons. The molecule has 1 aromatic carbocycles. The standard InChI is InChI=1S/C51H79N9O9/c1-68-50(66)35-15-7-10-18-41(35)57-48(64)37-26-31(53)20-23-43(37)59-45(61)33-13-5-8-16-39(33)55-47(63)36-25-30(52)19-22-42(36)58-46(62)34-14-6-9-17-40(34)56-49(65)38-27-32(54)21-24-44(38)60-51(67)69-28-29-11-3-2-4-12-29/h2-4,11-12,30-44H,5-10,13-28,52-54H2,1H3,(H,55,63)(H,56,65)(H,57,64)(H,58,62)(H,59,61)(H,60,67). The van der Waals surface area contributed by atoms with Crippen LogP contribution in [0.1, 0.15) is 140 Å². The molecule has 18 heteroatoms. The van der Waals surface area contributed by atoms with E-state index in [0.717, 1.165) is 44.1 Å². The number of esters is 1. The number of hydrogen-bond donors (Lipinski definition) is 9. The van der Waals surface area contributed by atoms with Crippen LogP contribution in [0, 0.1) is 35.5 Å². The summed E-state index contributed by atoms with van der Waals surface area (Å²) in [5.41, 5.74) is 20.1. The molecule has 0 aliphatic heterocycles. The quantitative estimate of drug-likeness (QED) is 0.122. The Labute approximate surface area is 406 Å². The first-order valence-electron chi connectivity index (χ1n) is 26.1. The SMILES string of the molecule is COC(=O)C1CCCCC1NC(=O)C1CC(N)CCC1NC(=O)C1CCCCC1NC(=O)C1CC(N)CCC1NC(=O)C1CCCCC1NC(=O)C1CC(N)CCC1NC(=O)OCc1ccccc1. The summed E-state index contributed by atoms with van der Waals surface area (Å²) in [4.78, 5) is 96.3. The topological polar surface area (TPSA) is 288 Å². The van der Waals surface area contributed by atoms with Crippen molar-refractivity contribution in [3.8, 4) is 0 Å². The van der Waals surface area contributed by atoms with Crippen LogP contribution < -0.4 is 49.1 Å². The summed E-state index contributed by atoms with van der Waals surface area (Å²) in [5.74, 6) is -4.74. The molecule has 6 fully saturated rings. The van der Waals surface area contributed by atoms with Gasteiger partial charge in [-0.2, -0.15) is 0 Å². The molecule has 6 aliphatic rings. The molecule has 382 valence electrons. The van der Waals surface area contributed by atoms with E-state index in [2.05, 4.69) is 31.9 Å². The van der Waals surface area contributed by atoms with Crippen LogP contribution in [0.2, 0.25) is 0 Å². The zero-order valence-corrected chi connectivity index (χ0v) is 40.5. The fraction of sp³-hybridized carbons (Fsp3) is 0.745. The Hall–Kier alpha value is -4.81. The highest BCUT2D eigenvalue weighted by Gasteiger charge is 2.44. The number of hydrogen-bond acceptors (Lipinski definition) is 12. The van der Waals surface area contributed by atoms with E-state index >= 15 is 0 Å². The molecule has 7 rings (SSSR count). The number of ether oxygens (including phenoxy) is 2. The fourth-order valence-electron chi connectivity index (χ4n) is 12.3. The second-order valence-corrected chi connectivity index (χ2v) is 21.1. The maximum atomic E-state index is 14.4. The van der Waals surface area contributed by atoms with Gasteiger partial charge in [-0.15, -0.1) is 0 Å². The molecule has 0 saturated heterocycles. The zero-order valence-electron chi connectivity index (χ0n) is 40.5. The van der Waals surface area contributed by atoms with E-state index in [1.54, 1.807) is 0 Å². The Morgan fingerprint density at radius 1 is 0.435 bits per heavy atom. The first-order chi connectivity index (χ1) is 33.3. The van der Waals surface area contributed by atoms with Crippen LogP contribution in [-0.4, -0.2) is 103 Å². The molecule has 15 unspecified atom stereocenters. The van der Waals surface area contributed by atoms with Crippen molar-refractivity contribution in [2.45, 2.75) is 196 Å². The van der Waals surface area contributed by atoms with E-state index in [1.807, 2.05) is 30.3 Å². The number of carbonyl (C=O) groups excluding carboxylic acids is 7. The van der Waals surface area contributed by atoms with Gasteiger partial charge in [0.05, 0.1) is 42.6 Å². The van der Waals surface area contributed by atoms with Crippen LogP contribution in [0.5, 0.6) is 0 Å². The Morgan fingerprint density at radius 3 is 1.17 bits per heavy atom. The van der Waals surface area contributed by atoms with Crippen LogP contribution in [-0.2, 0) is 44.8 Å². The van der Waals surface area contributed by atoms with Gasteiger partial charge in [-0.1, -0.05) is 68.9 Å². The van der Waals surface area contributed by atoms with Crippen molar-refractivity contribution in [2.75, 3.05) is 7.11 Å². The summed E-state index contributed by atoms with van der Waals surface area (Å²) < 4.78 is 10.5. The lowest BCUT2D eigenvalue weighted by Crippen LogP contribution is -2.59. The molecule has 69 heavy (non-hydrogen) atoms. The molecular weight excluding hydrogens is 883 g/mol. The molecule has 0 spiro atoms. The number of benzene rings is 1. The van der Waals surface area contributed by atoms with Gasteiger partial charge in [-0.25, -0.2) is 4.79 Å². The first kappa shape index (κ1) is 52.0. The van der Waals surface area contributed by atoms with Crippen molar-refractivity contribution < 1.29 is 43.0 Å². The van der Waals surface area contributed by atoms with E-state index in [4.69, 9.17) is 26.7 Å². The van der Waals surface area contributed by atoms with E-state index in [9.17, 15) is 33.6 Å². The Balaban J connectivity index is 0.951. The normalized spacial score (nSPS) is 34.9. The van der Waals surface area contributed by atoms with Gasteiger partial charge in [0.15, 0.2) is 0 Å². The Morgan fingerprint density at radius 2 is 0.768 bits per heavy atom. The molecule has 6 saturated carbocycles. The summed E-state index contributed by atoms with van der Waals surface area (Å²) >= 11 is 0. The monoisotopic (exact) mass is 962 g/mol. The maximum Gasteiger partial charge on any atom is 0.407 e. The highest BCUT2D eigenvalue weighted by atomic mass is 16.5. The van der Waals surface area contributed by atoms with Gasteiger partial charge in [0, 0.05) is 54.4 Å². The van der Waals surface area contributed by atoms with Gasteiger partial charge in [-0.05, 0) is 102 Å². The third-order valence-corrected chi connectivity index (χ3v) is 16.3. The van der Waals surface area contributed by atoms with Gasteiger partial charge in [0.2, 0.25) is 29.5 Å². The van der Waals surface area contributed by atoms with E-state index in [1.165, 1.54) is 7.11 Å². The van der Waals surface area contributed by atoms with Crippen molar-refractivity contribution in [3.63, 3.8) is 0 Å². The second kappa shape index (κ2) is 24.8. The lowest BCUT2D eigenvalue weighted by molar-refractivity contribution is -0.148. The molecule has 1 aromatic rings. The summed E-state index contributed by atoms with van der Waals surface area (Å²) in [5, 5.41) is 18.9. The number of amides is 6. The summed E-state index contributed by atoms with van der Waals surface area (Å²) in [7, 11) is 1.36. The van der Waals surface area contributed by atoms with E-state index < -0.39 is 71.8 Å². The van der Waals surface area contributed by atoms with Crippen molar-refractivity contribution in [1.82, 2.24) is 31.9 Å². The lowest BCUT2D eigenvalue weighted by atomic mass is 9.77. The maximum absolute atomic E-state index is 14.4. The Bertz CT molecular complexity index is 1940. The van der Waals surface area contributed by atoms with Crippen molar-refractivity contribution >= 4 is 41.6 Å². The average Bonchev–Trinajstić information content (AvgIpc) is 3.35. The molecule has 0 bridgehead atoms. The molecule has 18 nitrogen and oxygen atoms in total. The van der Waals surface area contributed by atoms with Gasteiger partial charge >= 0.3 is 12.1 Å². The summed E-state index contributed by atoms with van der Waals surface area (Å²) in [6, 6.07) is 6.06. The molecule has 0 aromatic heterocycles. The van der Waals surface area contributed by atoms with E-state index in [0.29, 0.717) is 96.3 Å². The van der Waals surface area contributed by atoms with E-state index in [-0.39, 0.29) is 66.3 Å². The molecule has 6 amide bonds. The number of methoxy groups -OCH3 is 1. The summed E-state index contributed by atoms with van der Waals surface area (Å²) in [6.45, 7) is 0.103. The molecule has 12 N–H and O–H groups in total. The summed E-state index contributed by atoms with van der Waals surface area (Å²) in [6.07, 6.45) is 12.8. The van der Waals surface area contributed by atoms with Gasteiger partial charge in [-0.3, -0.25) is 28.8 Å².